The third kappa shape index (κ3) is 1.29. The van der Waals surface area contributed by atoms with E-state index >= 15 is 0 Å². The van der Waals surface area contributed by atoms with Crippen LogP contribution in [-0.2, 0) is 0 Å². The van der Waals surface area contributed by atoms with Gasteiger partial charge in [-0.05, 0) is 32.9 Å². The summed E-state index contributed by atoms with van der Waals surface area (Å²) in [6.45, 7) is 0. The fourth-order valence-electron chi connectivity index (χ4n) is 1.04. The van der Waals surface area contributed by atoms with Crippen LogP contribution in [0.5, 0.6) is 6.01 Å². The number of hydrogen-bond donors (Lipinski definition) is 1. The van der Waals surface area contributed by atoms with Crippen LogP contribution in [0.25, 0.3) is 11.0 Å². The van der Waals surface area contributed by atoms with Crippen LogP contribution in [0.3, 0.4) is 0 Å². The van der Waals surface area contributed by atoms with Gasteiger partial charge in [0.05, 0.1) is 9.57 Å². The standard InChI is InChI=1S/C7H4BrN3O2/c8-4-2-1-3-5-6(4)11(13)10-7(12)9-5/h1-3H,(H,9,10,12). The molecule has 13 heavy (non-hydrogen) atoms. The van der Waals surface area contributed by atoms with E-state index in [1.165, 1.54) is 0 Å². The summed E-state index contributed by atoms with van der Waals surface area (Å²) < 4.78 is 0.597. The van der Waals surface area contributed by atoms with E-state index in [-0.39, 0.29) is 0 Å². The van der Waals surface area contributed by atoms with E-state index in [9.17, 15) is 5.21 Å². The number of fused-ring (bicyclic) bond motifs is 1. The van der Waals surface area contributed by atoms with Crippen molar-refractivity contribution in [3.05, 3.63) is 27.9 Å². The molecule has 2 rings (SSSR count). The number of nitrogens with zero attached hydrogens (tertiary/aromatic N) is 3. The Balaban J connectivity index is 2.94. The molecule has 1 aromatic carbocycles. The maximum atomic E-state index is 11.2. The van der Waals surface area contributed by atoms with Crippen molar-refractivity contribution >= 4 is 27.0 Å². The Bertz CT molecular complexity index is 474. The lowest BCUT2D eigenvalue weighted by Crippen LogP contribution is -2.32. The van der Waals surface area contributed by atoms with Gasteiger partial charge in [-0.15, -0.1) is 0 Å². The number of aromatic hydroxyl groups is 1. The molecule has 0 radical (unpaired) electrons. The SMILES string of the molecule is [O-][n+]1nc(O)nc2cccc(Br)c21. The molecule has 1 heterocycles. The van der Waals surface area contributed by atoms with E-state index in [0.29, 0.717) is 20.4 Å². The largest absolute Gasteiger partial charge is 0.594 e. The summed E-state index contributed by atoms with van der Waals surface area (Å²) in [7, 11) is 0. The second-order valence-corrected chi connectivity index (χ2v) is 3.25. The van der Waals surface area contributed by atoms with Gasteiger partial charge < -0.3 is 10.3 Å². The zero-order chi connectivity index (χ0) is 9.42. The Morgan fingerprint density at radius 2 is 2.23 bits per heavy atom. The molecule has 0 atom stereocenters. The Kier molecular flexibility index (Phi) is 1.77. The second kappa shape index (κ2) is 2.81. The van der Waals surface area contributed by atoms with E-state index in [2.05, 4.69) is 26.0 Å². The molecule has 1 N–H and O–H groups in total. The smallest absolute Gasteiger partial charge is 0.378 e. The summed E-state index contributed by atoms with van der Waals surface area (Å²) in [6.07, 6.45) is 0. The summed E-state index contributed by atoms with van der Waals surface area (Å²) >= 11 is 3.19. The lowest BCUT2D eigenvalue weighted by atomic mass is 10.3. The van der Waals surface area contributed by atoms with Gasteiger partial charge in [0.1, 0.15) is 5.52 Å². The lowest BCUT2D eigenvalue weighted by Gasteiger charge is -1.99. The Morgan fingerprint density at radius 1 is 1.46 bits per heavy atom. The van der Waals surface area contributed by atoms with Crippen LogP contribution in [0.1, 0.15) is 0 Å². The number of rotatable bonds is 0. The molecule has 0 bridgehead atoms. The first-order valence-corrected chi connectivity index (χ1v) is 4.23. The van der Waals surface area contributed by atoms with Crippen molar-refractivity contribution in [2.45, 2.75) is 0 Å². The first-order chi connectivity index (χ1) is 6.18. The normalized spacial score (nSPS) is 10.5. The van der Waals surface area contributed by atoms with Crippen LogP contribution in [0.2, 0.25) is 0 Å². The average Bonchev–Trinajstić information content (AvgIpc) is 2.02. The Morgan fingerprint density at radius 3 is 3.00 bits per heavy atom. The van der Waals surface area contributed by atoms with Crippen LogP contribution in [0.15, 0.2) is 22.7 Å². The number of hydrogen-bond acceptors (Lipinski definition) is 4. The fraction of sp³-hybridized carbons (Fsp3) is 0. The molecule has 0 aliphatic heterocycles. The molecule has 66 valence electrons. The zero-order valence-electron chi connectivity index (χ0n) is 6.31. The summed E-state index contributed by atoms with van der Waals surface area (Å²) in [5.74, 6) is 0. The van der Waals surface area contributed by atoms with Crippen molar-refractivity contribution in [1.29, 1.82) is 0 Å². The highest BCUT2D eigenvalue weighted by atomic mass is 79.9. The summed E-state index contributed by atoms with van der Waals surface area (Å²) in [5.41, 5.74) is 0.706. The van der Waals surface area contributed by atoms with Crippen LogP contribution in [0, 0.1) is 5.21 Å². The van der Waals surface area contributed by atoms with Crippen molar-refractivity contribution in [1.82, 2.24) is 10.1 Å². The highest BCUT2D eigenvalue weighted by Crippen LogP contribution is 2.18. The van der Waals surface area contributed by atoms with E-state index in [0.717, 1.165) is 0 Å². The first kappa shape index (κ1) is 8.18. The molecular weight excluding hydrogens is 238 g/mol. The second-order valence-electron chi connectivity index (χ2n) is 2.39. The lowest BCUT2D eigenvalue weighted by molar-refractivity contribution is -0.644. The van der Waals surface area contributed by atoms with Crippen molar-refractivity contribution in [2.75, 3.05) is 0 Å². The highest BCUT2D eigenvalue weighted by molar-refractivity contribution is 9.10. The van der Waals surface area contributed by atoms with Crippen molar-refractivity contribution in [3.63, 3.8) is 0 Å². The molecule has 1 aromatic heterocycles. The number of para-hydroxylation sites is 1. The number of aromatic nitrogens is 3. The molecule has 0 saturated heterocycles. The summed E-state index contributed by atoms with van der Waals surface area (Å²) in [4.78, 5) is 4.03. The summed E-state index contributed by atoms with van der Waals surface area (Å²) in [5, 5.41) is 23.4. The molecule has 6 heteroatoms. The third-order valence-electron chi connectivity index (χ3n) is 1.56. The molecule has 0 saturated carbocycles. The van der Waals surface area contributed by atoms with Gasteiger partial charge in [-0.1, -0.05) is 6.07 Å². The van der Waals surface area contributed by atoms with Crippen molar-refractivity contribution < 1.29 is 9.95 Å². The van der Waals surface area contributed by atoms with E-state index in [1.807, 2.05) is 0 Å². The molecule has 0 aliphatic carbocycles. The molecule has 0 fully saturated rings. The maximum Gasteiger partial charge on any atom is 0.378 e. The van der Waals surface area contributed by atoms with Crippen molar-refractivity contribution in [3.8, 4) is 6.01 Å². The van der Waals surface area contributed by atoms with E-state index in [4.69, 9.17) is 5.11 Å². The topological polar surface area (TPSA) is 73.0 Å². The third-order valence-corrected chi connectivity index (χ3v) is 2.20. The zero-order valence-corrected chi connectivity index (χ0v) is 7.89. The molecule has 0 amide bonds. The van der Waals surface area contributed by atoms with Crippen LogP contribution >= 0.6 is 15.9 Å². The molecular formula is C7H4BrN3O2. The van der Waals surface area contributed by atoms with Gasteiger partial charge in [0, 0.05) is 0 Å². The molecule has 2 aromatic rings. The van der Waals surface area contributed by atoms with Gasteiger partial charge in [0.15, 0.2) is 0 Å². The summed E-state index contributed by atoms with van der Waals surface area (Å²) in [6, 6.07) is 4.52. The van der Waals surface area contributed by atoms with Gasteiger partial charge in [-0.2, -0.15) is 4.98 Å². The Hall–Kier alpha value is -1.43. The van der Waals surface area contributed by atoms with Crippen LogP contribution in [0.4, 0.5) is 0 Å². The number of benzene rings is 1. The predicted octanol–water partition coefficient (Wildman–Crippen LogP) is 0.731. The quantitative estimate of drug-likeness (QED) is 0.546. The molecule has 0 spiro atoms. The minimum Gasteiger partial charge on any atom is -0.594 e. The van der Waals surface area contributed by atoms with Gasteiger partial charge in [0.25, 0.3) is 5.52 Å². The Labute approximate surface area is 81.4 Å². The average molecular weight is 242 g/mol. The molecule has 0 unspecified atom stereocenters. The van der Waals surface area contributed by atoms with E-state index in [1.54, 1.807) is 18.2 Å². The molecule has 0 aliphatic rings. The maximum absolute atomic E-state index is 11.2. The first-order valence-electron chi connectivity index (χ1n) is 3.43. The number of halogens is 1. The van der Waals surface area contributed by atoms with Gasteiger partial charge >= 0.3 is 6.01 Å². The van der Waals surface area contributed by atoms with Gasteiger partial charge in [-0.3, -0.25) is 0 Å². The van der Waals surface area contributed by atoms with Crippen LogP contribution < -0.4 is 4.85 Å². The predicted molar refractivity (Wildman–Crippen MR) is 47.9 cm³/mol. The van der Waals surface area contributed by atoms with Gasteiger partial charge in [0.2, 0.25) is 0 Å². The fourth-order valence-corrected chi connectivity index (χ4v) is 1.55. The van der Waals surface area contributed by atoms with Crippen molar-refractivity contribution in [2.24, 2.45) is 0 Å². The van der Waals surface area contributed by atoms with Crippen LogP contribution in [-0.4, -0.2) is 15.2 Å². The minimum atomic E-state index is -0.527. The monoisotopic (exact) mass is 241 g/mol. The van der Waals surface area contributed by atoms with E-state index < -0.39 is 6.01 Å². The highest BCUT2D eigenvalue weighted by Gasteiger charge is 2.12. The molecule has 5 nitrogen and oxygen atoms in total. The van der Waals surface area contributed by atoms with Gasteiger partial charge in [-0.25, -0.2) is 0 Å². The minimum absolute atomic E-state index is 0.306.